The predicted octanol–water partition coefficient (Wildman–Crippen LogP) is 3.55. The average molecular weight is 484 g/mol. The van der Waals surface area contributed by atoms with E-state index < -0.39 is 16.6 Å². The minimum absolute atomic E-state index is 0.0963. The summed E-state index contributed by atoms with van der Waals surface area (Å²) < 4.78 is 26.7. The smallest absolute Gasteiger partial charge is 0.300 e. The first kappa shape index (κ1) is 23.3. The lowest BCUT2D eigenvalue weighted by Crippen LogP contribution is -2.25. The number of fused-ring (bicyclic) bond motifs is 1. The first-order valence-corrected chi connectivity index (χ1v) is 11.2. The third-order valence-electron chi connectivity index (χ3n) is 5.12. The second kappa shape index (κ2) is 9.96. The highest BCUT2D eigenvalue weighted by Gasteiger charge is 2.23. The number of nitrogens with one attached hydrogen (secondary N) is 1. The van der Waals surface area contributed by atoms with Crippen molar-refractivity contribution < 1.29 is 18.7 Å². The van der Waals surface area contributed by atoms with Crippen molar-refractivity contribution in [2.24, 2.45) is 0 Å². The molecule has 0 saturated heterocycles. The van der Waals surface area contributed by atoms with E-state index in [0.717, 1.165) is 0 Å². The van der Waals surface area contributed by atoms with E-state index in [0.29, 0.717) is 34.5 Å². The van der Waals surface area contributed by atoms with Crippen molar-refractivity contribution in [1.29, 1.82) is 0 Å². The van der Waals surface area contributed by atoms with Crippen molar-refractivity contribution in [3.63, 3.8) is 0 Å². The van der Waals surface area contributed by atoms with E-state index in [1.165, 1.54) is 52.1 Å². The third kappa shape index (κ3) is 4.60. The number of rotatable bonds is 8. The molecule has 4 aromatic rings. The van der Waals surface area contributed by atoms with Crippen LogP contribution < -0.4 is 20.3 Å². The molecule has 0 unspecified atom stereocenters. The zero-order chi connectivity index (χ0) is 24.2. The van der Waals surface area contributed by atoms with Crippen LogP contribution >= 0.6 is 11.8 Å². The van der Waals surface area contributed by atoms with Crippen molar-refractivity contribution >= 4 is 29.0 Å². The average Bonchev–Trinajstić information content (AvgIpc) is 3.26. The lowest BCUT2D eigenvalue weighted by atomic mass is 10.2. The number of benzene rings is 2. The Balaban J connectivity index is 1.59. The molecule has 1 N–H and O–H groups in total. The van der Waals surface area contributed by atoms with Gasteiger partial charge in [0, 0.05) is 24.1 Å². The zero-order valence-corrected chi connectivity index (χ0v) is 19.5. The fourth-order valence-corrected chi connectivity index (χ4v) is 4.26. The van der Waals surface area contributed by atoms with Gasteiger partial charge in [0.25, 0.3) is 0 Å². The van der Waals surface area contributed by atoms with Gasteiger partial charge < -0.3 is 14.8 Å². The molecule has 0 spiro atoms. The molecule has 1 atom stereocenters. The first-order chi connectivity index (χ1) is 16.4. The van der Waals surface area contributed by atoms with Gasteiger partial charge in [-0.15, -0.1) is 10.2 Å². The number of hydrogen-bond donors (Lipinski definition) is 1. The van der Waals surface area contributed by atoms with Crippen LogP contribution in [0.3, 0.4) is 0 Å². The fourth-order valence-electron chi connectivity index (χ4n) is 3.33. The Hall–Kier alpha value is -3.86. The summed E-state index contributed by atoms with van der Waals surface area (Å²) >= 11 is 1.20. The first-order valence-electron chi connectivity index (χ1n) is 10.4. The van der Waals surface area contributed by atoms with E-state index in [9.17, 15) is 14.0 Å². The maximum atomic E-state index is 13.2. The number of nitrogens with zero attached hydrogens (tertiary/aromatic N) is 4. The zero-order valence-electron chi connectivity index (χ0n) is 18.7. The van der Waals surface area contributed by atoms with Crippen LogP contribution in [0.2, 0.25) is 0 Å². The monoisotopic (exact) mass is 483 g/mol. The minimum Gasteiger partial charge on any atom is -0.497 e. The highest BCUT2D eigenvalue weighted by atomic mass is 32.2. The molecule has 176 valence electrons. The van der Waals surface area contributed by atoms with Crippen molar-refractivity contribution in [3.05, 3.63) is 71.0 Å². The van der Waals surface area contributed by atoms with Gasteiger partial charge in [0.2, 0.25) is 11.6 Å². The molecule has 2 aromatic carbocycles. The molecule has 2 heterocycles. The van der Waals surface area contributed by atoms with E-state index in [2.05, 4.69) is 15.5 Å². The molecule has 0 aliphatic carbocycles. The SMILES string of the molecule is CC[C@@H](Sc1nnc2c(=O)n(-c3ccc(F)cc3)ccn12)C(=O)Nc1cc(OC)ccc1OC. The molecular formula is C23H22FN5O4S. The number of carbonyl (C=O) groups is 1. The van der Waals surface area contributed by atoms with Gasteiger partial charge in [-0.1, -0.05) is 18.7 Å². The van der Waals surface area contributed by atoms with Gasteiger partial charge in [-0.3, -0.25) is 18.6 Å². The number of carbonyl (C=O) groups excluding carboxylic acids is 1. The summed E-state index contributed by atoms with van der Waals surface area (Å²) in [5.41, 5.74) is 0.675. The van der Waals surface area contributed by atoms with Gasteiger partial charge in [-0.2, -0.15) is 0 Å². The summed E-state index contributed by atoms with van der Waals surface area (Å²) in [5.74, 6) is 0.436. The molecule has 11 heteroatoms. The van der Waals surface area contributed by atoms with E-state index in [1.807, 2.05) is 6.92 Å². The predicted molar refractivity (Wildman–Crippen MR) is 127 cm³/mol. The van der Waals surface area contributed by atoms with Crippen LogP contribution in [0.25, 0.3) is 11.3 Å². The van der Waals surface area contributed by atoms with Gasteiger partial charge >= 0.3 is 5.56 Å². The van der Waals surface area contributed by atoms with Gasteiger partial charge in [0.1, 0.15) is 17.3 Å². The van der Waals surface area contributed by atoms with E-state index >= 15 is 0 Å². The molecule has 0 aliphatic heterocycles. The fraction of sp³-hybridized carbons (Fsp3) is 0.217. The van der Waals surface area contributed by atoms with Crippen LogP contribution in [0.5, 0.6) is 11.5 Å². The largest absolute Gasteiger partial charge is 0.497 e. The highest BCUT2D eigenvalue weighted by Crippen LogP contribution is 2.31. The van der Waals surface area contributed by atoms with Crippen LogP contribution in [0.4, 0.5) is 10.1 Å². The van der Waals surface area contributed by atoms with Gasteiger partial charge in [0.15, 0.2) is 5.16 Å². The highest BCUT2D eigenvalue weighted by molar-refractivity contribution is 8.00. The second-order valence-corrected chi connectivity index (χ2v) is 8.37. The molecule has 0 radical (unpaired) electrons. The summed E-state index contributed by atoms with van der Waals surface area (Å²) in [6.45, 7) is 1.88. The standard InChI is InChI=1S/C23H22FN5O4S/c1-4-19(21(30)25-17-13-16(32-2)9-10-18(17)33-3)34-23-27-26-20-22(31)28(11-12-29(20)23)15-7-5-14(24)6-8-15/h5-13,19H,4H2,1-3H3,(H,25,30)/t19-/m1/s1. The van der Waals surface area contributed by atoms with Crippen LogP contribution in [-0.4, -0.2) is 44.5 Å². The Morgan fingerprint density at radius 2 is 1.88 bits per heavy atom. The normalized spacial score (nSPS) is 11.9. The van der Waals surface area contributed by atoms with E-state index in [4.69, 9.17) is 9.47 Å². The summed E-state index contributed by atoms with van der Waals surface area (Å²) in [7, 11) is 3.06. The molecule has 0 bridgehead atoms. The number of aromatic nitrogens is 4. The second-order valence-electron chi connectivity index (χ2n) is 7.20. The number of methoxy groups -OCH3 is 2. The molecular weight excluding hydrogens is 461 g/mol. The van der Waals surface area contributed by atoms with Crippen LogP contribution in [0, 0.1) is 5.82 Å². The molecule has 9 nitrogen and oxygen atoms in total. The number of amides is 1. The van der Waals surface area contributed by atoms with Gasteiger partial charge in [-0.25, -0.2) is 4.39 Å². The number of ether oxygens (including phenoxy) is 2. The number of halogens is 1. The lowest BCUT2D eigenvalue weighted by Gasteiger charge is -2.16. The van der Waals surface area contributed by atoms with Gasteiger partial charge in [0.05, 0.1) is 25.2 Å². The van der Waals surface area contributed by atoms with Crippen LogP contribution in [0.15, 0.2) is 64.8 Å². The number of thioether (sulfide) groups is 1. The maximum Gasteiger partial charge on any atom is 0.300 e. The van der Waals surface area contributed by atoms with Crippen molar-refractivity contribution in [2.75, 3.05) is 19.5 Å². The molecule has 4 rings (SSSR count). The molecule has 0 aliphatic rings. The molecule has 34 heavy (non-hydrogen) atoms. The molecule has 0 saturated carbocycles. The Kier molecular flexibility index (Phi) is 6.82. The summed E-state index contributed by atoms with van der Waals surface area (Å²) in [6.07, 6.45) is 3.70. The van der Waals surface area contributed by atoms with E-state index in [1.54, 1.807) is 37.7 Å². The molecule has 2 aromatic heterocycles. The Morgan fingerprint density at radius 1 is 1.12 bits per heavy atom. The third-order valence-corrected chi connectivity index (χ3v) is 6.44. The topological polar surface area (TPSA) is 99.8 Å². The van der Waals surface area contributed by atoms with E-state index in [-0.39, 0.29) is 11.6 Å². The van der Waals surface area contributed by atoms with Crippen molar-refractivity contribution in [3.8, 4) is 17.2 Å². The summed E-state index contributed by atoms with van der Waals surface area (Å²) in [6, 6.07) is 10.7. The number of anilines is 1. The minimum atomic E-state index is -0.511. The van der Waals surface area contributed by atoms with Crippen LogP contribution in [-0.2, 0) is 4.79 Å². The van der Waals surface area contributed by atoms with Crippen molar-refractivity contribution in [2.45, 2.75) is 23.8 Å². The Labute approximate surface area is 198 Å². The maximum absolute atomic E-state index is 13.2. The Morgan fingerprint density at radius 3 is 2.56 bits per heavy atom. The number of hydrogen-bond acceptors (Lipinski definition) is 7. The lowest BCUT2D eigenvalue weighted by molar-refractivity contribution is -0.115. The van der Waals surface area contributed by atoms with Crippen LogP contribution in [0.1, 0.15) is 13.3 Å². The van der Waals surface area contributed by atoms with Crippen molar-refractivity contribution in [1.82, 2.24) is 19.2 Å². The quantitative estimate of drug-likeness (QED) is 0.383. The molecule has 0 fully saturated rings. The molecule has 1 amide bonds. The summed E-state index contributed by atoms with van der Waals surface area (Å²) in [4.78, 5) is 25.9. The van der Waals surface area contributed by atoms with Gasteiger partial charge in [-0.05, 0) is 42.8 Å². The summed E-state index contributed by atoms with van der Waals surface area (Å²) in [5, 5.41) is 10.9. The Bertz CT molecular complexity index is 1390.